The maximum absolute atomic E-state index is 5.74. The SMILES string of the molecule is Clc1nccc(Nc2cc(CCc3ccccc3)[nH]n2)n1. The monoisotopic (exact) mass is 299 g/mol. The Morgan fingerprint density at radius 2 is 1.90 bits per heavy atom. The molecule has 2 heterocycles. The molecule has 0 unspecified atom stereocenters. The second-order valence-corrected chi connectivity index (χ2v) is 4.94. The molecule has 2 aromatic heterocycles. The summed E-state index contributed by atoms with van der Waals surface area (Å²) in [5.41, 5.74) is 2.38. The number of aryl methyl sites for hydroxylation is 2. The number of hydrogen-bond acceptors (Lipinski definition) is 4. The fourth-order valence-electron chi connectivity index (χ4n) is 2.01. The Morgan fingerprint density at radius 3 is 2.71 bits per heavy atom. The van der Waals surface area contributed by atoms with Crippen LogP contribution in [0.15, 0.2) is 48.7 Å². The van der Waals surface area contributed by atoms with Gasteiger partial charge in [-0.1, -0.05) is 30.3 Å². The van der Waals surface area contributed by atoms with Gasteiger partial charge in [0.05, 0.1) is 0 Å². The molecular formula is C15H14ClN5. The Morgan fingerprint density at radius 1 is 1.05 bits per heavy atom. The van der Waals surface area contributed by atoms with Crippen LogP contribution in [0.1, 0.15) is 11.3 Å². The van der Waals surface area contributed by atoms with Crippen LogP contribution in [0.25, 0.3) is 0 Å². The third kappa shape index (κ3) is 3.79. The topological polar surface area (TPSA) is 66.5 Å². The van der Waals surface area contributed by atoms with Crippen molar-refractivity contribution in [2.45, 2.75) is 12.8 Å². The molecule has 0 saturated carbocycles. The fourth-order valence-corrected chi connectivity index (χ4v) is 2.16. The van der Waals surface area contributed by atoms with Crippen molar-refractivity contribution < 1.29 is 0 Å². The highest BCUT2D eigenvalue weighted by atomic mass is 35.5. The van der Waals surface area contributed by atoms with Crippen molar-refractivity contribution in [3.05, 3.63) is 65.2 Å². The zero-order valence-corrected chi connectivity index (χ0v) is 12.0. The van der Waals surface area contributed by atoms with Crippen LogP contribution < -0.4 is 5.32 Å². The molecule has 0 aliphatic carbocycles. The predicted octanol–water partition coefficient (Wildman–Crippen LogP) is 3.38. The first-order valence-corrected chi connectivity index (χ1v) is 7.01. The van der Waals surface area contributed by atoms with Gasteiger partial charge in [0.25, 0.3) is 0 Å². The Bertz CT molecular complexity index is 711. The second kappa shape index (κ2) is 6.37. The van der Waals surface area contributed by atoms with E-state index in [0.717, 1.165) is 18.5 Å². The number of benzene rings is 1. The van der Waals surface area contributed by atoms with Gasteiger partial charge in [0, 0.05) is 18.0 Å². The largest absolute Gasteiger partial charge is 0.323 e. The minimum Gasteiger partial charge on any atom is -0.323 e. The van der Waals surface area contributed by atoms with Gasteiger partial charge < -0.3 is 5.32 Å². The highest BCUT2D eigenvalue weighted by molar-refractivity contribution is 6.28. The Labute approximate surface area is 127 Å². The molecule has 0 aliphatic rings. The average molecular weight is 300 g/mol. The van der Waals surface area contributed by atoms with Gasteiger partial charge in [0.1, 0.15) is 5.82 Å². The first-order valence-electron chi connectivity index (χ1n) is 6.63. The lowest BCUT2D eigenvalue weighted by Crippen LogP contribution is -1.94. The summed E-state index contributed by atoms with van der Waals surface area (Å²) in [5, 5.41) is 10.5. The van der Waals surface area contributed by atoms with Crippen LogP contribution >= 0.6 is 11.6 Å². The van der Waals surface area contributed by atoms with Gasteiger partial charge in [-0.25, -0.2) is 9.97 Å². The lowest BCUT2D eigenvalue weighted by Gasteiger charge is -2.00. The molecule has 0 bridgehead atoms. The van der Waals surface area contributed by atoms with Crippen molar-refractivity contribution in [1.82, 2.24) is 20.2 Å². The zero-order chi connectivity index (χ0) is 14.5. The van der Waals surface area contributed by atoms with Gasteiger partial charge in [0.15, 0.2) is 5.82 Å². The molecule has 0 radical (unpaired) electrons. The van der Waals surface area contributed by atoms with Crippen molar-refractivity contribution in [3.8, 4) is 0 Å². The van der Waals surface area contributed by atoms with Crippen molar-refractivity contribution in [1.29, 1.82) is 0 Å². The molecule has 106 valence electrons. The molecule has 2 N–H and O–H groups in total. The maximum Gasteiger partial charge on any atom is 0.224 e. The van der Waals surface area contributed by atoms with E-state index in [1.54, 1.807) is 12.3 Å². The van der Waals surface area contributed by atoms with E-state index in [1.165, 1.54) is 5.56 Å². The van der Waals surface area contributed by atoms with Crippen LogP contribution in [0.4, 0.5) is 11.6 Å². The highest BCUT2D eigenvalue weighted by Crippen LogP contribution is 2.15. The van der Waals surface area contributed by atoms with E-state index in [4.69, 9.17) is 11.6 Å². The first-order chi connectivity index (χ1) is 10.3. The summed E-state index contributed by atoms with van der Waals surface area (Å²) in [6, 6.07) is 14.1. The molecular weight excluding hydrogens is 286 g/mol. The molecule has 21 heavy (non-hydrogen) atoms. The lowest BCUT2D eigenvalue weighted by molar-refractivity contribution is 0.893. The molecule has 3 aromatic rings. The molecule has 0 atom stereocenters. The number of H-pyrrole nitrogens is 1. The minimum absolute atomic E-state index is 0.208. The number of rotatable bonds is 5. The summed E-state index contributed by atoms with van der Waals surface area (Å²) in [4.78, 5) is 7.90. The Balaban J connectivity index is 1.61. The number of halogens is 1. The van der Waals surface area contributed by atoms with Crippen molar-refractivity contribution >= 4 is 23.2 Å². The first kappa shape index (κ1) is 13.6. The van der Waals surface area contributed by atoms with Gasteiger partial charge >= 0.3 is 0 Å². The molecule has 0 aliphatic heterocycles. The highest BCUT2D eigenvalue weighted by Gasteiger charge is 2.03. The molecule has 0 amide bonds. The van der Waals surface area contributed by atoms with E-state index >= 15 is 0 Å². The number of nitrogens with zero attached hydrogens (tertiary/aromatic N) is 3. The summed E-state index contributed by atoms with van der Waals surface area (Å²) < 4.78 is 0. The molecule has 1 aromatic carbocycles. The van der Waals surface area contributed by atoms with Crippen LogP contribution in [-0.2, 0) is 12.8 Å². The molecule has 0 fully saturated rings. The van der Waals surface area contributed by atoms with E-state index in [-0.39, 0.29) is 5.28 Å². The van der Waals surface area contributed by atoms with Gasteiger partial charge in [-0.15, -0.1) is 0 Å². The van der Waals surface area contributed by atoms with Crippen LogP contribution in [0, 0.1) is 0 Å². The van der Waals surface area contributed by atoms with Crippen molar-refractivity contribution in [3.63, 3.8) is 0 Å². The van der Waals surface area contributed by atoms with E-state index in [2.05, 4.69) is 37.6 Å². The van der Waals surface area contributed by atoms with E-state index in [1.807, 2.05) is 24.3 Å². The quantitative estimate of drug-likeness (QED) is 0.709. The molecule has 6 heteroatoms. The van der Waals surface area contributed by atoms with E-state index in [9.17, 15) is 0 Å². The van der Waals surface area contributed by atoms with Gasteiger partial charge in [-0.05, 0) is 36.1 Å². The predicted molar refractivity (Wildman–Crippen MR) is 82.8 cm³/mol. The Kier molecular flexibility index (Phi) is 4.12. The third-order valence-electron chi connectivity index (χ3n) is 3.04. The second-order valence-electron chi connectivity index (χ2n) is 4.60. The fraction of sp³-hybridized carbons (Fsp3) is 0.133. The number of aromatic amines is 1. The normalized spacial score (nSPS) is 10.5. The van der Waals surface area contributed by atoms with Gasteiger partial charge in [-0.3, -0.25) is 5.10 Å². The van der Waals surface area contributed by atoms with Crippen LogP contribution in [0.2, 0.25) is 5.28 Å². The van der Waals surface area contributed by atoms with Crippen LogP contribution in [0.3, 0.4) is 0 Å². The van der Waals surface area contributed by atoms with Gasteiger partial charge in [-0.2, -0.15) is 5.10 Å². The standard InChI is InChI=1S/C15H14ClN5/c16-15-17-9-8-13(19-15)18-14-10-12(20-21-14)7-6-11-4-2-1-3-5-11/h1-5,8-10H,6-7H2,(H2,17,18,19,20,21). The third-order valence-corrected chi connectivity index (χ3v) is 3.22. The summed E-state index contributed by atoms with van der Waals surface area (Å²) in [6.07, 6.45) is 3.48. The molecule has 3 rings (SSSR count). The summed E-state index contributed by atoms with van der Waals surface area (Å²) in [7, 11) is 0. The number of hydrogen-bond donors (Lipinski definition) is 2. The minimum atomic E-state index is 0.208. The van der Waals surface area contributed by atoms with E-state index < -0.39 is 0 Å². The maximum atomic E-state index is 5.74. The summed E-state index contributed by atoms with van der Waals surface area (Å²) in [5.74, 6) is 1.34. The molecule has 5 nitrogen and oxygen atoms in total. The summed E-state index contributed by atoms with van der Waals surface area (Å²) >= 11 is 5.74. The number of aromatic nitrogens is 4. The lowest BCUT2D eigenvalue weighted by atomic mass is 10.1. The van der Waals surface area contributed by atoms with Gasteiger partial charge in [0.2, 0.25) is 5.28 Å². The molecule has 0 spiro atoms. The van der Waals surface area contributed by atoms with Crippen LogP contribution in [0.5, 0.6) is 0 Å². The van der Waals surface area contributed by atoms with Crippen molar-refractivity contribution in [2.75, 3.05) is 5.32 Å². The van der Waals surface area contributed by atoms with E-state index in [0.29, 0.717) is 11.6 Å². The number of nitrogens with one attached hydrogen (secondary N) is 2. The number of anilines is 2. The average Bonchev–Trinajstić information content (AvgIpc) is 2.94. The summed E-state index contributed by atoms with van der Waals surface area (Å²) in [6.45, 7) is 0. The zero-order valence-electron chi connectivity index (χ0n) is 11.3. The van der Waals surface area contributed by atoms with Crippen LogP contribution in [-0.4, -0.2) is 20.2 Å². The molecule has 0 saturated heterocycles. The smallest absolute Gasteiger partial charge is 0.224 e. The Hall–Kier alpha value is -2.40. The van der Waals surface area contributed by atoms with Crippen molar-refractivity contribution in [2.24, 2.45) is 0 Å².